The topological polar surface area (TPSA) is 82.2 Å². The van der Waals surface area contributed by atoms with E-state index in [0.29, 0.717) is 12.0 Å². The summed E-state index contributed by atoms with van der Waals surface area (Å²) in [5, 5.41) is 5.24. The van der Waals surface area contributed by atoms with Crippen LogP contribution in [-0.2, 0) is 22.9 Å². The Morgan fingerprint density at radius 3 is 2.48 bits per heavy atom. The van der Waals surface area contributed by atoms with Gasteiger partial charge in [0.1, 0.15) is 0 Å². The smallest absolute Gasteiger partial charge is 0.238 e. The number of benzene rings is 2. The first-order valence-electron chi connectivity index (χ1n) is 9.81. The third-order valence-electron chi connectivity index (χ3n) is 5.71. The Balaban J connectivity index is 1.95. The van der Waals surface area contributed by atoms with Crippen molar-refractivity contribution < 1.29 is 13.2 Å². The molecule has 29 heavy (non-hydrogen) atoms. The molecule has 0 aliphatic heterocycles. The Kier molecular flexibility index (Phi) is 4.92. The number of Topliss-reactive ketones (excluding diaryl/α,β-unsaturated/α-hetero) is 1. The summed E-state index contributed by atoms with van der Waals surface area (Å²) in [6.45, 7) is 3.79. The molecule has 1 heterocycles. The van der Waals surface area contributed by atoms with Crippen LogP contribution >= 0.6 is 0 Å². The molecule has 1 aliphatic carbocycles. The predicted molar refractivity (Wildman–Crippen MR) is 114 cm³/mol. The van der Waals surface area contributed by atoms with Gasteiger partial charge in [-0.1, -0.05) is 25.1 Å². The van der Waals surface area contributed by atoms with Crippen molar-refractivity contribution in [2.75, 3.05) is 0 Å². The Hall–Kier alpha value is -2.70. The van der Waals surface area contributed by atoms with Gasteiger partial charge in [0.25, 0.3) is 0 Å². The number of ketones is 1. The Bertz CT molecular complexity index is 1210. The molecule has 5 nitrogen and oxygen atoms in total. The number of primary sulfonamides is 1. The van der Waals surface area contributed by atoms with Crippen molar-refractivity contribution in [2.24, 2.45) is 5.14 Å². The third kappa shape index (κ3) is 3.43. The second kappa shape index (κ2) is 7.28. The molecule has 0 atom stereocenters. The van der Waals surface area contributed by atoms with Crippen LogP contribution in [0, 0.1) is 6.92 Å². The molecule has 0 amide bonds. The van der Waals surface area contributed by atoms with Crippen LogP contribution in [0.15, 0.2) is 53.4 Å². The van der Waals surface area contributed by atoms with E-state index >= 15 is 0 Å². The first kappa shape index (κ1) is 19.6. The summed E-state index contributed by atoms with van der Waals surface area (Å²) in [6, 6.07) is 14.8. The predicted octanol–water partition coefficient (Wildman–Crippen LogP) is 4.18. The summed E-state index contributed by atoms with van der Waals surface area (Å²) in [5.74, 6) is 0.0937. The molecule has 0 radical (unpaired) electrons. The Labute approximate surface area is 171 Å². The minimum Gasteiger partial charge on any atom is -0.313 e. The average molecular weight is 409 g/mol. The second-order valence-corrected chi connectivity index (χ2v) is 9.04. The highest BCUT2D eigenvalue weighted by Crippen LogP contribution is 2.36. The van der Waals surface area contributed by atoms with Gasteiger partial charge in [0.05, 0.1) is 10.6 Å². The third-order valence-corrected chi connectivity index (χ3v) is 6.64. The molecular formula is C23H24N2O3S. The fourth-order valence-corrected chi connectivity index (χ4v) is 4.77. The van der Waals surface area contributed by atoms with Crippen LogP contribution in [0.4, 0.5) is 0 Å². The zero-order chi connectivity index (χ0) is 20.8. The molecule has 0 fully saturated rings. The molecule has 0 saturated heterocycles. The molecule has 0 saturated carbocycles. The van der Waals surface area contributed by atoms with Crippen molar-refractivity contribution in [1.82, 2.24) is 4.57 Å². The Morgan fingerprint density at radius 2 is 1.83 bits per heavy atom. The first-order chi connectivity index (χ1) is 13.8. The minimum absolute atomic E-state index is 0.0677. The van der Waals surface area contributed by atoms with Gasteiger partial charge in [-0.2, -0.15) is 0 Å². The van der Waals surface area contributed by atoms with Crippen LogP contribution in [0.2, 0.25) is 0 Å². The number of carbonyl (C=O) groups excluding carboxylic acids is 1. The zero-order valence-electron chi connectivity index (χ0n) is 16.6. The molecule has 6 heteroatoms. The number of sulfonamides is 1. The summed E-state index contributed by atoms with van der Waals surface area (Å²) in [6.07, 6.45) is 3.67. The molecular weight excluding hydrogens is 384 g/mol. The van der Waals surface area contributed by atoms with Gasteiger partial charge in [-0.05, 0) is 67.6 Å². The lowest BCUT2D eigenvalue weighted by atomic mass is 10.00. The molecule has 2 N–H and O–H groups in total. The number of nitrogens with two attached hydrogens (primary N) is 1. The van der Waals surface area contributed by atoms with Gasteiger partial charge in [-0.3, -0.25) is 4.79 Å². The molecule has 3 aromatic rings. The lowest BCUT2D eigenvalue weighted by Gasteiger charge is -2.15. The van der Waals surface area contributed by atoms with Crippen LogP contribution in [0.1, 0.15) is 46.9 Å². The van der Waals surface area contributed by atoms with Crippen molar-refractivity contribution >= 4 is 15.8 Å². The van der Waals surface area contributed by atoms with Crippen molar-refractivity contribution in [3.05, 3.63) is 70.9 Å². The largest absolute Gasteiger partial charge is 0.313 e. The minimum atomic E-state index is -3.76. The summed E-state index contributed by atoms with van der Waals surface area (Å²) >= 11 is 0. The second-order valence-electron chi connectivity index (χ2n) is 7.48. The van der Waals surface area contributed by atoms with Crippen molar-refractivity contribution in [3.63, 3.8) is 0 Å². The van der Waals surface area contributed by atoms with Crippen LogP contribution in [0.5, 0.6) is 0 Å². The molecule has 1 aliphatic rings. The number of aryl methyl sites for hydroxylation is 1. The number of carbonyl (C=O) groups is 1. The monoisotopic (exact) mass is 408 g/mol. The molecule has 0 bridgehead atoms. The number of fused-ring (bicyclic) bond motifs is 1. The molecule has 2 aromatic carbocycles. The highest BCUT2D eigenvalue weighted by atomic mass is 32.2. The Morgan fingerprint density at radius 1 is 1.10 bits per heavy atom. The summed E-state index contributed by atoms with van der Waals surface area (Å²) in [7, 11) is -3.76. The normalized spacial score (nSPS) is 13.5. The van der Waals surface area contributed by atoms with Crippen molar-refractivity contribution in [3.8, 4) is 16.9 Å². The maximum atomic E-state index is 12.6. The van der Waals surface area contributed by atoms with E-state index < -0.39 is 10.0 Å². The lowest BCUT2D eigenvalue weighted by molar-refractivity contribution is 0.0987. The standard InChI is InChI=1S/C23H24N2O3S/c1-3-23(26)21-14-22(20-9-5-7-16-6-4-8-19(16)20)25(15(21)2)17-10-12-18(13-11-17)29(24,27)28/h5,7,9-14H,3-4,6,8H2,1-2H3,(H2,24,27,28). The van der Waals surface area contributed by atoms with Crippen molar-refractivity contribution in [1.29, 1.82) is 0 Å². The van der Waals surface area contributed by atoms with E-state index in [9.17, 15) is 13.2 Å². The van der Waals surface area contributed by atoms with Gasteiger partial charge in [-0.25, -0.2) is 13.6 Å². The zero-order valence-corrected chi connectivity index (χ0v) is 17.4. The van der Waals surface area contributed by atoms with Gasteiger partial charge in [-0.15, -0.1) is 0 Å². The number of nitrogens with zero attached hydrogens (tertiary/aromatic N) is 1. The fourth-order valence-electron chi connectivity index (χ4n) is 4.26. The van der Waals surface area contributed by atoms with Gasteiger partial charge in [0.2, 0.25) is 10.0 Å². The highest BCUT2D eigenvalue weighted by Gasteiger charge is 2.23. The lowest BCUT2D eigenvalue weighted by Crippen LogP contribution is -2.12. The van der Waals surface area contributed by atoms with E-state index in [1.165, 1.54) is 23.3 Å². The van der Waals surface area contributed by atoms with Gasteiger partial charge in [0.15, 0.2) is 5.78 Å². The van der Waals surface area contributed by atoms with E-state index in [2.05, 4.69) is 18.2 Å². The van der Waals surface area contributed by atoms with Crippen molar-refractivity contribution in [2.45, 2.75) is 44.4 Å². The van der Waals surface area contributed by atoms with Crippen LogP contribution in [-0.4, -0.2) is 18.8 Å². The number of rotatable bonds is 5. The SMILES string of the molecule is CCC(=O)c1cc(-c2cccc3c2CCC3)n(-c2ccc(S(N)(=O)=O)cc2)c1C. The van der Waals surface area contributed by atoms with Crippen LogP contribution in [0.25, 0.3) is 16.9 Å². The van der Waals surface area contributed by atoms with Crippen LogP contribution in [0.3, 0.4) is 0 Å². The maximum Gasteiger partial charge on any atom is 0.238 e. The molecule has 1 aromatic heterocycles. The summed E-state index contributed by atoms with van der Waals surface area (Å²) in [4.78, 5) is 12.6. The summed E-state index contributed by atoms with van der Waals surface area (Å²) < 4.78 is 25.3. The molecule has 150 valence electrons. The van der Waals surface area contributed by atoms with Gasteiger partial charge >= 0.3 is 0 Å². The van der Waals surface area contributed by atoms with E-state index in [1.54, 1.807) is 12.1 Å². The number of hydrogen-bond acceptors (Lipinski definition) is 3. The maximum absolute atomic E-state index is 12.6. The van der Waals surface area contributed by atoms with E-state index in [1.807, 2.05) is 24.5 Å². The summed E-state index contributed by atoms with van der Waals surface area (Å²) in [5.41, 5.74) is 7.15. The van der Waals surface area contributed by atoms with E-state index in [0.717, 1.165) is 41.9 Å². The van der Waals surface area contributed by atoms with E-state index in [-0.39, 0.29) is 10.7 Å². The van der Waals surface area contributed by atoms with Gasteiger partial charge in [0, 0.05) is 28.9 Å². The quantitative estimate of drug-likeness (QED) is 0.643. The number of hydrogen-bond donors (Lipinski definition) is 1. The molecule has 0 spiro atoms. The average Bonchev–Trinajstić information content (AvgIpc) is 3.31. The molecule has 0 unspecified atom stereocenters. The highest BCUT2D eigenvalue weighted by molar-refractivity contribution is 7.89. The van der Waals surface area contributed by atoms with Gasteiger partial charge < -0.3 is 4.57 Å². The first-order valence-corrected chi connectivity index (χ1v) is 11.4. The van der Waals surface area contributed by atoms with Crippen LogP contribution < -0.4 is 5.14 Å². The van der Waals surface area contributed by atoms with E-state index in [4.69, 9.17) is 5.14 Å². The number of aromatic nitrogens is 1. The molecule has 4 rings (SSSR count). The fraction of sp³-hybridized carbons (Fsp3) is 0.261.